The Kier molecular flexibility index (Phi) is 5.22. The lowest BCUT2D eigenvalue weighted by atomic mass is 10.2. The van der Waals surface area contributed by atoms with Crippen molar-refractivity contribution < 1.29 is 8.42 Å². The summed E-state index contributed by atoms with van der Waals surface area (Å²) >= 11 is 0. The number of hydrogen-bond acceptors (Lipinski definition) is 5. The van der Waals surface area contributed by atoms with E-state index in [0.29, 0.717) is 24.8 Å². The molecule has 2 rings (SSSR count). The third kappa shape index (κ3) is 4.68. The van der Waals surface area contributed by atoms with Gasteiger partial charge < -0.3 is 10.2 Å². The van der Waals surface area contributed by atoms with E-state index < -0.39 is 9.84 Å². The van der Waals surface area contributed by atoms with E-state index in [9.17, 15) is 8.42 Å². The van der Waals surface area contributed by atoms with Crippen molar-refractivity contribution in [3.63, 3.8) is 0 Å². The largest absolute Gasteiger partial charge is 0.356 e. The molecule has 0 saturated carbocycles. The van der Waals surface area contributed by atoms with Gasteiger partial charge in [-0.3, -0.25) is 0 Å². The molecule has 0 bridgehead atoms. The number of aromatic nitrogens is 1. The Morgan fingerprint density at radius 3 is 2.71 bits per heavy atom. The van der Waals surface area contributed by atoms with E-state index >= 15 is 0 Å². The molecular formula is C15H25N3O2S. The molecule has 0 spiro atoms. The van der Waals surface area contributed by atoms with Crippen LogP contribution in [0.4, 0.5) is 5.82 Å². The molecule has 0 unspecified atom stereocenters. The normalized spacial score (nSPS) is 18.8. The zero-order valence-electron chi connectivity index (χ0n) is 13.1. The van der Waals surface area contributed by atoms with Gasteiger partial charge in [0, 0.05) is 31.4 Å². The second-order valence-corrected chi connectivity index (χ2v) is 8.25. The highest BCUT2D eigenvalue weighted by molar-refractivity contribution is 7.91. The topological polar surface area (TPSA) is 62.3 Å². The maximum atomic E-state index is 11.7. The third-order valence-corrected chi connectivity index (χ3v) is 5.48. The maximum absolute atomic E-state index is 11.7. The van der Waals surface area contributed by atoms with E-state index in [1.165, 1.54) is 5.56 Å². The molecule has 1 N–H and O–H groups in total. The van der Waals surface area contributed by atoms with Gasteiger partial charge >= 0.3 is 0 Å². The maximum Gasteiger partial charge on any atom is 0.152 e. The monoisotopic (exact) mass is 311 g/mol. The predicted molar refractivity (Wildman–Crippen MR) is 86.4 cm³/mol. The highest BCUT2D eigenvalue weighted by Gasteiger charge is 2.20. The Balaban J connectivity index is 2.09. The number of nitrogens with one attached hydrogen (secondary N) is 1. The van der Waals surface area contributed by atoms with Gasteiger partial charge in [0.1, 0.15) is 5.82 Å². The first-order valence-electron chi connectivity index (χ1n) is 7.53. The highest BCUT2D eigenvalue weighted by Crippen LogP contribution is 2.17. The van der Waals surface area contributed by atoms with Crippen LogP contribution in [0.3, 0.4) is 0 Å². The summed E-state index contributed by atoms with van der Waals surface area (Å²) in [6, 6.07) is 4.54. The van der Waals surface area contributed by atoms with Gasteiger partial charge in [-0.15, -0.1) is 0 Å². The van der Waals surface area contributed by atoms with Crippen molar-refractivity contribution in [1.29, 1.82) is 0 Å². The number of pyridine rings is 1. The molecule has 118 valence electrons. The summed E-state index contributed by atoms with van der Waals surface area (Å²) in [4.78, 5) is 6.74. The van der Waals surface area contributed by atoms with Gasteiger partial charge in [0.05, 0.1) is 11.5 Å². The van der Waals surface area contributed by atoms with Crippen molar-refractivity contribution >= 4 is 15.7 Å². The zero-order chi connectivity index (χ0) is 15.5. The second kappa shape index (κ2) is 6.75. The summed E-state index contributed by atoms with van der Waals surface area (Å²) in [5, 5.41) is 3.39. The minimum Gasteiger partial charge on any atom is -0.356 e. The fraction of sp³-hybridized carbons (Fsp3) is 0.667. The van der Waals surface area contributed by atoms with Crippen LogP contribution >= 0.6 is 0 Å². The Morgan fingerprint density at radius 2 is 2.05 bits per heavy atom. The molecule has 0 aliphatic carbocycles. The first-order chi connectivity index (χ1) is 9.87. The SMILES string of the molecule is Cc1nc(N2CCCS(=O)(=O)CC2)ccc1CNC(C)C. The lowest BCUT2D eigenvalue weighted by Crippen LogP contribution is -2.28. The molecule has 2 heterocycles. The zero-order valence-corrected chi connectivity index (χ0v) is 13.9. The smallest absolute Gasteiger partial charge is 0.152 e. The van der Waals surface area contributed by atoms with Crippen LogP contribution in [0.1, 0.15) is 31.5 Å². The van der Waals surface area contributed by atoms with Crippen LogP contribution in [-0.2, 0) is 16.4 Å². The quantitative estimate of drug-likeness (QED) is 0.913. The molecule has 1 saturated heterocycles. The average Bonchev–Trinajstić information content (AvgIpc) is 2.58. The summed E-state index contributed by atoms with van der Waals surface area (Å²) in [6.45, 7) is 8.36. The number of aryl methyl sites for hydroxylation is 1. The van der Waals surface area contributed by atoms with Crippen LogP contribution in [0, 0.1) is 6.92 Å². The molecule has 1 aliphatic heterocycles. The minimum absolute atomic E-state index is 0.227. The van der Waals surface area contributed by atoms with Crippen molar-refractivity contribution in [3.05, 3.63) is 23.4 Å². The lowest BCUT2D eigenvalue weighted by Gasteiger charge is -2.22. The fourth-order valence-electron chi connectivity index (χ4n) is 2.42. The Labute approximate surface area is 127 Å². The van der Waals surface area contributed by atoms with E-state index in [1.807, 2.05) is 13.0 Å². The molecule has 21 heavy (non-hydrogen) atoms. The summed E-state index contributed by atoms with van der Waals surface area (Å²) in [5.41, 5.74) is 2.20. The first kappa shape index (κ1) is 16.2. The number of hydrogen-bond donors (Lipinski definition) is 1. The summed E-state index contributed by atoms with van der Waals surface area (Å²) in [7, 11) is -2.88. The lowest BCUT2D eigenvalue weighted by molar-refractivity contribution is 0.586. The van der Waals surface area contributed by atoms with E-state index in [0.717, 1.165) is 24.6 Å². The Bertz CT molecular complexity index is 585. The highest BCUT2D eigenvalue weighted by atomic mass is 32.2. The van der Waals surface area contributed by atoms with E-state index in [-0.39, 0.29) is 5.75 Å². The molecular weight excluding hydrogens is 286 g/mol. The van der Waals surface area contributed by atoms with Crippen molar-refractivity contribution in [2.75, 3.05) is 29.5 Å². The minimum atomic E-state index is -2.88. The van der Waals surface area contributed by atoms with E-state index in [2.05, 4.69) is 35.1 Å². The number of rotatable bonds is 4. The molecule has 5 nitrogen and oxygen atoms in total. The standard InChI is InChI=1S/C15H25N3O2S/c1-12(2)16-11-14-5-6-15(17-13(14)3)18-7-4-9-21(19,20)10-8-18/h5-6,12,16H,4,7-11H2,1-3H3. The second-order valence-electron chi connectivity index (χ2n) is 5.94. The summed E-state index contributed by atoms with van der Waals surface area (Å²) < 4.78 is 23.3. The van der Waals surface area contributed by atoms with Crippen molar-refractivity contribution in [1.82, 2.24) is 10.3 Å². The van der Waals surface area contributed by atoms with Crippen LogP contribution in [-0.4, -0.2) is 44.0 Å². The number of nitrogens with zero attached hydrogens (tertiary/aromatic N) is 2. The number of sulfone groups is 1. The van der Waals surface area contributed by atoms with E-state index in [4.69, 9.17) is 0 Å². The molecule has 1 aromatic rings. The van der Waals surface area contributed by atoms with Gasteiger partial charge in [-0.25, -0.2) is 13.4 Å². The molecule has 1 aliphatic rings. The molecule has 1 aromatic heterocycles. The van der Waals surface area contributed by atoms with E-state index in [1.54, 1.807) is 0 Å². The summed E-state index contributed by atoms with van der Waals surface area (Å²) in [6.07, 6.45) is 0.680. The molecule has 0 atom stereocenters. The van der Waals surface area contributed by atoms with Gasteiger partial charge in [0.2, 0.25) is 0 Å². The molecule has 6 heteroatoms. The Hall–Kier alpha value is -1.14. The van der Waals surface area contributed by atoms with Gasteiger partial charge in [-0.1, -0.05) is 19.9 Å². The van der Waals surface area contributed by atoms with Crippen LogP contribution in [0.15, 0.2) is 12.1 Å². The number of anilines is 1. The first-order valence-corrected chi connectivity index (χ1v) is 9.35. The average molecular weight is 311 g/mol. The van der Waals surface area contributed by atoms with Gasteiger partial charge in [0.15, 0.2) is 9.84 Å². The van der Waals surface area contributed by atoms with Crippen molar-refractivity contribution in [3.8, 4) is 0 Å². The van der Waals surface area contributed by atoms with Gasteiger partial charge in [-0.05, 0) is 25.0 Å². The Morgan fingerprint density at radius 1 is 1.29 bits per heavy atom. The van der Waals surface area contributed by atoms with Crippen LogP contribution in [0.25, 0.3) is 0 Å². The van der Waals surface area contributed by atoms with Crippen LogP contribution < -0.4 is 10.2 Å². The molecule has 0 radical (unpaired) electrons. The van der Waals surface area contributed by atoms with Gasteiger partial charge in [0.25, 0.3) is 0 Å². The molecule has 0 aromatic carbocycles. The molecule has 1 fully saturated rings. The van der Waals surface area contributed by atoms with Crippen molar-refractivity contribution in [2.24, 2.45) is 0 Å². The van der Waals surface area contributed by atoms with Crippen LogP contribution in [0.5, 0.6) is 0 Å². The molecule has 0 amide bonds. The van der Waals surface area contributed by atoms with Gasteiger partial charge in [-0.2, -0.15) is 0 Å². The summed E-state index contributed by atoms with van der Waals surface area (Å²) in [5.74, 6) is 1.40. The fourth-order valence-corrected chi connectivity index (χ4v) is 3.69. The third-order valence-electron chi connectivity index (χ3n) is 3.76. The van der Waals surface area contributed by atoms with Crippen molar-refractivity contribution in [2.45, 2.75) is 39.8 Å². The predicted octanol–water partition coefficient (Wildman–Crippen LogP) is 1.51. The van der Waals surface area contributed by atoms with Crippen LogP contribution in [0.2, 0.25) is 0 Å².